The van der Waals surface area contributed by atoms with Gasteiger partial charge in [0.2, 0.25) is 5.91 Å². The molecule has 2 atom stereocenters. The van der Waals surface area contributed by atoms with Crippen molar-refractivity contribution in [2.24, 2.45) is 0 Å². The molecule has 2 unspecified atom stereocenters. The molecule has 1 aliphatic heterocycles. The molecule has 0 spiro atoms. The maximum atomic E-state index is 12.8. The van der Waals surface area contributed by atoms with E-state index >= 15 is 0 Å². The van der Waals surface area contributed by atoms with Gasteiger partial charge in [-0.15, -0.1) is 0 Å². The van der Waals surface area contributed by atoms with Crippen LogP contribution in [0, 0.1) is 5.82 Å². The summed E-state index contributed by atoms with van der Waals surface area (Å²) in [4.78, 5) is 11.7. The van der Waals surface area contributed by atoms with Crippen molar-refractivity contribution in [3.63, 3.8) is 0 Å². The summed E-state index contributed by atoms with van der Waals surface area (Å²) in [6.45, 7) is 2.18. The fraction of sp³-hybridized carbons (Fsp3) is 0.500. The average Bonchev–Trinajstić information content (AvgIpc) is 2.46. The van der Waals surface area contributed by atoms with E-state index in [1.54, 1.807) is 0 Å². The zero-order valence-corrected chi connectivity index (χ0v) is 11.1. The van der Waals surface area contributed by atoms with Crippen molar-refractivity contribution >= 4 is 5.91 Å². The summed E-state index contributed by atoms with van der Waals surface area (Å²) in [6.07, 6.45) is -0.694. The molecule has 0 aliphatic carbocycles. The highest BCUT2D eigenvalue weighted by Gasteiger charge is 2.18. The molecular formula is C14H19FN2O3. The van der Waals surface area contributed by atoms with Crippen molar-refractivity contribution in [2.75, 3.05) is 26.2 Å². The van der Waals surface area contributed by atoms with Gasteiger partial charge in [0, 0.05) is 19.6 Å². The van der Waals surface area contributed by atoms with E-state index in [0.29, 0.717) is 18.7 Å². The Kier molecular flexibility index (Phi) is 5.46. The van der Waals surface area contributed by atoms with Gasteiger partial charge in [0.1, 0.15) is 5.82 Å². The van der Waals surface area contributed by atoms with Crippen LogP contribution < -0.4 is 10.6 Å². The van der Waals surface area contributed by atoms with Gasteiger partial charge < -0.3 is 20.5 Å². The molecule has 20 heavy (non-hydrogen) atoms. The third kappa shape index (κ3) is 4.56. The van der Waals surface area contributed by atoms with Crippen LogP contribution in [-0.2, 0) is 9.53 Å². The van der Waals surface area contributed by atoms with Crippen LogP contribution in [0.3, 0.4) is 0 Å². The molecule has 0 saturated carbocycles. The first-order valence-electron chi connectivity index (χ1n) is 6.67. The van der Waals surface area contributed by atoms with Crippen LogP contribution in [0.1, 0.15) is 18.1 Å². The molecule has 6 heteroatoms. The number of aliphatic hydroxyl groups is 1. The number of halogens is 1. The fourth-order valence-electron chi connectivity index (χ4n) is 2.04. The Hall–Kier alpha value is -1.50. The Balaban J connectivity index is 1.73. The predicted octanol–water partition coefficient (Wildman–Crippen LogP) is 0.354. The summed E-state index contributed by atoms with van der Waals surface area (Å²) in [6, 6.07) is 5.56. The number of amides is 1. The molecule has 1 amide bonds. The molecule has 2 rings (SSSR count). The van der Waals surface area contributed by atoms with Crippen LogP contribution in [-0.4, -0.2) is 43.4 Å². The van der Waals surface area contributed by atoms with Crippen molar-refractivity contribution in [3.05, 3.63) is 35.6 Å². The first kappa shape index (κ1) is 14.9. The van der Waals surface area contributed by atoms with E-state index in [1.165, 1.54) is 24.3 Å². The van der Waals surface area contributed by atoms with E-state index in [0.717, 1.165) is 6.54 Å². The Labute approximate surface area is 117 Å². The molecule has 1 heterocycles. The summed E-state index contributed by atoms with van der Waals surface area (Å²) < 4.78 is 18.2. The highest BCUT2D eigenvalue weighted by atomic mass is 19.1. The van der Waals surface area contributed by atoms with Gasteiger partial charge in [0.05, 0.1) is 25.2 Å². The van der Waals surface area contributed by atoms with Crippen molar-refractivity contribution in [2.45, 2.75) is 18.6 Å². The van der Waals surface area contributed by atoms with E-state index in [2.05, 4.69) is 10.6 Å². The molecule has 1 fully saturated rings. The zero-order valence-electron chi connectivity index (χ0n) is 11.1. The number of hydrogen-bond donors (Lipinski definition) is 3. The van der Waals surface area contributed by atoms with Gasteiger partial charge in [0.25, 0.3) is 0 Å². The summed E-state index contributed by atoms with van der Waals surface area (Å²) in [5.74, 6) is -0.521. The number of nitrogens with one attached hydrogen (secondary N) is 2. The van der Waals surface area contributed by atoms with Crippen molar-refractivity contribution in [1.29, 1.82) is 0 Å². The minimum absolute atomic E-state index is 0.102. The van der Waals surface area contributed by atoms with Crippen molar-refractivity contribution in [3.8, 4) is 0 Å². The number of carbonyl (C=O) groups excluding carboxylic acids is 1. The Morgan fingerprint density at radius 3 is 2.90 bits per heavy atom. The lowest BCUT2D eigenvalue weighted by Crippen LogP contribution is -2.41. The van der Waals surface area contributed by atoms with Crippen LogP contribution in [0.15, 0.2) is 24.3 Å². The summed E-state index contributed by atoms with van der Waals surface area (Å²) in [5.41, 5.74) is 0.572. The minimum Gasteiger partial charge on any atom is -0.387 e. The lowest BCUT2D eigenvalue weighted by atomic mass is 10.1. The van der Waals surface area contributed by atoms with Gasteiger partial charge in [-0.25, -0.2) is 4.39 Å². The first-order chi connectivity index (χ1) is 9.65. The highest BCUT2D eigenvalue weighted by molar-refractivity contribution is 5.76. The van der Waals surface area contributed by atoms with Crippen LogP contribution in [0.5, 0.6) is 0 Å². The molecule has 5 nitrogen and oxygen atoms in total. The second-order valence-corrected chi connectivity index (χ2v) is 4.77. The van der Waals surface area contributed by atoms with Crippen LogP contribution >= 0.6 is 0 Å². The van der Waals surface area contributed by atoms with E-state index in [4.69, 9.17) is 4.74 Å². The number of carbonyl (C=O) groups is 1. The van der Waals surface area contributed by atoms with Gasteiger partial charge in [-0.2, -0.15) is 0 Å². The smallest absolute Gasteiger partial charge is 0.222 e. The van der Waals surface area contributed by atoms with Gasteiger partial charge in [-0.1, -0.05) is 12.1 Å². The van der Waals surface area contributed by atoms with Crippen LogP contribution in [0.2, 0.25) is 0 Å². The average molecular weight is 282 g/mol. The van der Waals surface area contributed by atoms with Gasteiger partial charge in [0.15, 0.2) is 0 Å². The largest absolute Gasteiger partial charge is 0.387 e. The molecule has 0 bridgehead atoms. The van der Waals surface area contributed by atoms with E-state index in [9.17, 15) is 14.3 Å². The molecule has 1 aromatic rings. The Morgan fingerprint density at radius 2 is 2.25 bits per heavy atom. The van der Waals surface area contributed by atoms with Gasteiger partial charge in [-0.05, 0) is 17.7 Å². The topological polar surface area (TPSA) is 70.6 Å². The normalized spacial score (nSPS) is 20.4. The Bertz CT molecular complexity index is 433. The molecule has 0 aromatic heterocycles. The maximum Gasteiger partial charge on any atom is 0.222 e. The molecule has 0 radical (unpaired) electrons. The van der Waals surface area contributed by atoms with Gasteiger partial charge >= 0.3 is 0 Å². The number of hydrogen-bond acceptors (Lipinski definition) is 4. The standard InChI is InChI=1S/C14H19FN2O3/c15-11-3-1-10(2-4-11)13(18)9-17-14(19)7-12-8-16-5-6-20-12/h1-4,12-13,16,18H,5-9H2,(H,17,19). The third-order valence-corrected chi connectivity index (χ3v) is 3.16. The van der Waals surface area contributed by atoms with E-state index in [-0.39, 0.29) is 30.8 Å². The fourth-order valence-corrected chi connectivity index (χ4v) is 2.04. The molecule has 110 valence electrons. The van der Waals surface area contributed by atoms with Crippen molar-refractivity contribution < 1.29 is 19.0 Å². The highest BCUT2D eigenvalue weighted by Crippen LogP contribution is 2.12. The second-order valence-electron chi connectivity index (χ2n) is 4.77. The number of ether oxygens (including phenoxy) is 1. The minimum atomic E-state index is -0.843. The summed E-state index contributed by atoms with van der Waals surface area (Å²) in [5, 5.41) is 15.7. The van der Waals surface area contributed by atoms with Crippen molar-refractivity contribution in [1.82, 2.24) is 10.6 Å². The molecular weight excluding hydrogens is 263 g/mol. The number of rotatable bonds is 5. The number of benzene rings is 1. The third-order valence-electron chi connectivity index (χ3n) is 3.16. The maximum absolute atomic E-state index is 12.8. The first-order valence-corrected chi connectivity index (χ1v) is 6.67. The van der Waals surface area contributed by atoms with Crippen LogP contribution in [0.25, 0.3) is 0 Å². The number of morpholine rings is 1. The lowest BCUT2D eigenvalue weighted by molar-refractivity contribution is -0.124. The van der Waals surface area contributed by atoms with E-state index < -0.39 is 6.10 Å². The zero-order chi connectivity index (χ0) is 14.4. The molecule has 3 N–H and O–H groups in total. The Morgan fingerprint density at radius 1 is 1.50 bits per heavy atom. The SMILES string of the molecule is O=C(CC1CNCCO1)NCC(O)c1ccc(F)cc1. The monoisotopic (exact) mass is 282 g/mol. The van der Waals surface area contributed by atoms with Crippen LogP contribution in [0.4, 0.5) is 4.39 Å². The van der Waals surface area contributed by atoms with E-state index in [1.807, 2.05) is 0 Å². The summed E-state index contributed by atoms with van der Waals surface area (Å²) >= 11 is 0. The molecule has 1 aromatic carbocycles. The molecule has 1 aliphatic rings. The molecule has 1 saturated heterocycles. The van der Waals surface area contributed by atoms with Gasteiger partial charge in [-0.3, -0.25) is 4.79 Å². The predicted molar refractivity (Wildman–Crippen MR) is 71.6 cm³/mol. The second kappa shape index (κ2) is 7.33. The number of aliphatic hydroxyl groups excluding tert-OH is 1. The lowest BCUT2D eigenvalue weighted by Gasteiger charge is -2.23. The summed E-state index contributed by atoms with van der Waals surface area (Å²) in [7, 11) is 0. The quantitative estimate of drug-likeness (QED) is 0.729.